The topological polar surface area (TPSA) is 58.2 Å². The van der Waals surface area contributed by atoms with E-state index in [4.69, 9.17) is 0 Å². The van der Waals surface area contributed by atoms with E-state index in [0.29, 0.717) is 12.8 Å². The van der Waals surface area contributed by atoms with E-state index < -0.39 is 0 Å². The fraction of sp³-hybridized carbons (Fsp3) is 0.850. The van der Waals surface area contributed by atoms with Crippen molar-refractivity contribution in [1.29, 1.82) is 0 Å². The summed E-state index contributed by atoms with van der Waals surface area (Å²) in [5.74, 6) is 0.143. The third kappa shape index (κ3) is 33.3. The number of carbonyl (C=O) groups is 2. The van der Waals surface area contributed by atoms with Gasteiger partial charge in [0, 0.05) is 12.8 Å². The number of rotatable bonds is 34. The molecule has 0 saturated heterocycles. The summed E-state index contributed by atoms with van der Waals surface area (Å²) in [6.45, 7) is 6.64. The third-order valence-corrected chi connectivity index (χ3v) is 8.58. The summed E-state index contributed by atoms with van der Waals surface area (Å²) in [5.41, 5.74) is 0. The molecule has 0 saturated carbocycles. The lowest BCUT2D eigenvalue weighted by atomic mass is 10.1. The SMILES string of the molecule is CCCCCCCC/C=C\CCCCCCCC(=O)NC(CCC)NC(=O)CCCCCCC/C=C\CCCCCCCC. The fourth-order valence-corrected chi connectivity index (χ4v) is 5.71. The van der Waals surface area contributed by atoms with Gasteiger partial charge in [0.25, 0.3) is 0 Å². The largest absolute Gasteiger partial charge is 0.336 e. The van der Waals surface area contributed by atoms with Crippen molar-refractivity contribution in [2.75, 3.05) is 0 Å². The van der Waals surface area contributed by atoms with E-state index in [1.165, 1.54) is 141 Å². The molecule has 0 rings (SSSR count). The highest BCUT2D eigenvalue weighted by Gasteiger charge is 2.14. The smallest absolute Gasteiger partial charge is 0.221 e. The number of hydrogen-bond acceptors (Lipinski definition) is 2. The van der Waals surface area contributed by atoms with Crippen LogP contribution in [0, 0.1) is 0 Å². The lowest BCUT2D eigenvalue weighted by Crippen LogP contribution is -2.47. The van der Waals surface area contributed by atoms with Gasteiger partial charge in [0.1, 0.15) is 6.17 Å². The van der Waals surface area contributed by atoms with Crippen molar-refractivity contribution in [2.45, 2.75) is 220 Å². The maximum atomic E-state index is 12.5. The zero-order valence-electron chi connectivity index (χ0n) is 29.9. The Morgan fingerprint density at radius 2 is 0.705 bits per heavy atom. The average molecular weight is 617 g/mol. The van der Waals surface area contributed by atoms with Gasteiger partial charge >= 0.3 is 0 Å². The Morgan fingerprint density at radius 1 is 0.409 bits per heavy atom. The molecule has 0 aromatic rings. The average Bonchev–Trinajstić information content (AvgIpc) is 3.01. The van der Waals surface area contributed by atoms with Crippen LogP contribution in [0.2, 0.25) is 0 Å². The maximum Gasteiger partial charge on any atom is 0.221 e. The van der Waals surface area contributed by atoms with E-state index in [-0.39, 0.29) is 18.0 Å². The summed E-state index contributed by atoms with van der Waals surface area (Å²) >= 11 is 0. The molecule has 0 aliphatic heterocycles. The van der Waals surface area contributed by atoms with E-state index in [0.717, 1.165) is 38.5 Å². The van der Waals surface area contributed by atoms with E-state index in [9.17, 15) is 9.59 Å². The summed E-state index contributed by atoms with van der Waals surface area (Å²) in [5, 5.41) is 6.13. The van der Waals surface area contributed by atoms with Crippen LogP contribution in [-0.2, 0) is 9.59 Å². The van der Waals surface area contributed by atoms with Crippen molar-refractivity contribution in [1.82, 2.24) is 10.6 Å². The normalized spacial score (nSPS) is 11.7. The molecule has 0 aliphatic rings. The summed E-state index contributed by atoms with van der Waals surface area (Å²) in [6, 6.07) is 0. The first-order valence-electron chi connectivity index (χ1n) is 19.5. The van der Waals surface area contributed by atoms with Crippen molar-refractivity contribution in [3.05, 3.63) is 24.3 Å². The van der Waals surface area contributed by atoms with Gasteiger partial charge in [-0.3, -0.25) is 9.59 Å². The van der Waals surface area contributed by atoms with Crippen molar-refractivity contribution in [3.63, 3.8) is 0 Å². The molecule has 0 fully saturated rings. The molecule has 0 aliphatic carbocycles. The summed E-state index contributed by atoms with van der Waals surface area (Å²) in [4.78, 5) is 24.9. The molecule has 0 atom stereocenters. The van der Waals surface area contributed by atoms with Crippen LogP contribution in [0.4, 0.5) is 0 Å². The third-order valence-electron chi connectivity index (χ3n) is 8.58. The van der Waals surface area contributed by atoms with Gasteiger partial charge in [0.15, 0.2) is 0 Å². The summed E-state index contributed by atoms with van der Waals surface area (Å²) < 4.78 is 0. The Bertz CT molecular complexity index is 618. The molecule has 0 unspecified atom stereocenters. The molecular formula is C40H76N2O2. The summed E-state index contributed by atoms with van der Waals surface area (Å²) in [7, 11) is 0. The lowest BCUT2D eigenvalue weighted by Gasteiger charge is -2.20. The first-order valence-corrected chi connectivity index (χ1v) is 19.5. The first-order chi connectivity index (χ1) is 21.6. The Hall–Kier alpha value is -1.58. The van der Waals surface area contributed by atoms with Crippen molar-refractivity contribution in [2.24, 2.45) is 0 Å². The Kier molecular flexibility index (Phi) is 34.6. The monoisotopic (exact) mass is 617 g/mol. The number of amides is 2. The fourth-order valence-electron chi connectivity index (χ4n) is 5.71. The standard InChI is InChI=1S/C40H76N2O2/c1-4-7-9-11-13-15-17-19-21-23-25-27-29-31-33-36-39(43)41-38(35-6-3)42-40(44)37-34-32-30-28-26-24-22-20-18-16-14-12-10-8-5-2/h19-22,38H,4-18,23-37H2,1-3H3,(H,41,43)(H,42,44)/b21-19-,22-20-. The first kappa shape index (κ1) is 42.4. The molecule has 0 aromatic carbocycles. The number of hydrogen-bond donors (Lipinski definition) is 2. The molecule has 258 valence electrons. The number of unbranched alkanes of at least 4 members (excludes halogenated alkanes) is 22. The second-order valence-electron chi connectivity index (χ2n) is 13.1. The van der Waals surface area contributed by atoms with Crippen LogP contribution in [-0.4, -0.2) is 18.0 Å². The van der Waals surface area contributed by atoms with Crippen LogP contribution in [0.1, 0.15) is 213 Å². The van der Waals surface area contributed by atoms with Crippen LogP contribution in [0.15, 0.2) is 24.3 Å². The Morgan fingerprint density at radius 3 is 1.02 bits per heavy atom. The molecular weight excluding hydrogens is 540 g/mol. The van der Waals surface area contributed by atoms with Crippen LogP contribution in [0.25, 0.3) is 0 Å². The summed E-state index contributed by atoms with van der Waals surface area (Å²) in [6.07, 6.45) is 44.8. The molecule has 44 heavy (non-hydrogen) atoms. The van der Waals surface area contributed by atoms with Gasteiger partial charge < -0.3 is 10.6 Å². The van der Waals surface area contributed by atoms with Gasteiger partial charge in [-0.25, -0.2) is 0 Å². The van der Waals surface area contributed by atoms with Crippen LogP contribution >= 0.6 is 0 Å². The molecule has 0 spiro atoms. The van der Waals surface area contributed by atoms with E-state index in [1.54, 1.807) is 0 Å². The van der Waals surface area contributed by atoms with Crippen molar-refractivity contribution in [3.8, 4) is 0 Å². The van der Waals surface area contributed by atoms with Gasteiger partial charge in [-0.15, -0.1) is 0 Å². The molecule has 4 heteroatoms. The quantitative estimate of drug-likeness (QED) is 0.0429. The molecule has 2 N–H and O–H groups in total. The minimum absolute atomic E-state index is 0.0717. The second kappa shape index (κ2) is 35.9. The predicted molar refractivity (Wildman–Crippen MR) is 194 cm³/mol. The molecule has 0 radical (unpaired) electrons. The Labute approximate surface area is 275 Å². The molecule has 2 amide bonds. The van der Waals surface area contributed by atoms with Crippen LogP contribution in [0.3, 0.4) is 0 Å². The molecule has 0 heterocycles. The van der Waals surface area contributed by atoms with Crippen LogP contribution in [0.5, 0.6) is 0 Å². The molecule has 4 nitrogen and oxygen atoms in total. The van der Waals surface area contributed by atoms with Crippen LogP contribution < -0.4 is 10.6 Å². The van der Waals surface area contributed by atoms with Gasteiger partial charge in [-0.2, -0.15) is 0 Å². The lowest BCUT2D eigenvalue weighted by molar-refractivity contribution is -0.124. The highest BCUT2D eigenvalue weighted by molar-refractivity contribution is 5.79. The zero-order chi connectivity index (χ0) is 32.2. The second-order valence-corrected chi connectivity index (χ2v) is 13.1. The van der Waals surface area contributed by atoms with E-state index in [1.807, 2.05) is 0 Å². The number of carbonyl (C=O) groups excluding carboxylic acids is 2. The van der Waals surface area contributed by atoms with Crippen molar-refractivity contribution >= 4 is 11.8 Å². The van der Waals surface area contributed by atoms with E-state index >= 15 is 0 Å². The highest BCUT2D eigenvalue weighted by Crippen LogP contribution is 2.12. The molecule has 0 bridgehead atoms. The van der Waals surface area contributed by atoms with E-state index in [2.05, 4.69) is 55.7 Å². The van der Waals surface area contributed by atoms with Gasteiger partial charge in [-0.1, -0.05) is 154 Å². The highest BCUT2D eigenvalue weighted by atomic mass is 16.2. The van der Waals surface area contributed by atoms with Gasteiger partial charge in [0.2, 0.25) is 11.8 Å². The Balaban J connectivity index is 3.70. The number of nitrogens with one attached hydrogen (secondary N) is 2. The maximum absolute atomic E-state index is 12.5. The van der Waals surface area contributed by atoms with Gasteiger partial charge in [-0.05, 0) is 70.6 Å². The zero-order valence-corrected chi connectivity index (χ0v) is 29.9. The minimum atomic E-state index is -0.230. The predicted octanol–water partition coefficient (Wildman–Crippen LogP) is 12.4. The van der Waals surface area contributed by atoms with Crippen molar-refractivity contribution < 1.29 is 9.59 Å². The van der Waals surface area contributed by atoms with Gasteiger partial charge in [0.05, 0.1) is 0 Å². The number of allylic oxidation sites excluding steroid dienone is 4. The molecule has 0 aromatic heterocycles. The minimum Gasteiger partial charge on any atom is -0.336 e.